The van der Waals surface area contributed by atoms with E-state index >= 15 is 0 Å². The number of likely N-dealkylation sites (tertiary alicyclic amines) is 1. The molecule has 2 fully saturated rings. The van der Waals surface area contributed by atoms with Crippen LogP contribution < -0.4 is 5.32 Å². The van der Waals surface area contributed by atoms with Gasteiger partial charge in [-0.1, -0.05) is 18.2 Å². The number of pyridine rings is 1. The molecule has 1 N–H and O–H groups in total. The maximum Gasteiger partial charge on any atom is 0.225 e. The van der Waals surface area contributed by atoms with Crippen LogP contribution in [0.4, 0.5) is 0 Å². The standard InChI is InChI=1S/C24H33ClN3O/c1-23(2)17-29-24(27-23,20-11-14-28(3)15-12-20)22-19(7-5-13-26-22)10-9-18-6-4-8-21(25)16-18/h4-8,13,16,20,25,27H,9-12,14-15,17H2,1-3H3/q+1. The summed E-state index contributed by atoms with van der Waals surface area (Å²) in [4.78, 5) is 7.31. The second kappa shape index (κ2) is 8.35. The summed E-state index contributed by atoms with van der Waals surface area (Å²) in [5, 5.41) is 4.77. The minimum atomic E-state index is -0.499. The van der Waals surface area contributed by atoms with Gasteiger partial charge in [-0.2, -0.15) is 0 Å². The van der Waals surface area contributed by atoms with Gasteiger partial charge in [0.25, 0.3) is 0 Å². The summed E-state index contributed by atoms with van der Waals surface area (Å²) >= 11 is 5.34. The Labute approximate surface area is 179 Å². The van der Waals surface area contributed by atoms with Crippen molar-refractivity contribution < 1.29 is 16.3 Å². The number of hydrogen-bond donors (Lipinski definition) is 1. The van der Waals surface area contributed by atoms with Crippen molar-refractivity contribution in [1.29, 1.82) is 0 Å². The van der Waals surface area contributed by atoms with Crippen molar-refractivity contribution in [1.82, 2.24) is 15.2 Å². The monoisotopic (exact) mass is 414 g/mol. The maximum atomic E-state index is 6.62. The molecule has 2 aromatic rings. The molecule has 0 radical (unpaired) electrons. The van der Waals surface area contributed by atoms with Crippen molar-refractivity contribution in [3.8, 4) is 0 Å². The predicted molar refractivity (Wildman–Crippen MR) is 114 cm³/mol. The highest BCUT2D eigenvalue weighted by atomic mass is 35.5. The summed E-state index contributed by atoms with van der Waals surface area (Å²) in [5.41, 5.74) is 3.07. The number of nitrogens with one attached hydrogen (secondary N) is 1. The smallest absolute Gasteiger partial charge is 0.225 e. The topological polar surface area (TPSA) is 37.4 Å². The molecule has 0 saturated carbocycles. The van der Waals surface area contributed by atoms with Gasteiger partial charge in [-0.3, -0.25) is 10.3 Å². The Balaban J connectivity index is 1.65. The van der Waals surface area contributed by atoms with Crippen LogP contribution in [0.25, 0.3) is 0 Å². The molecule has 5 heteroatoms. The Morgan fingerprint density at radius 3 is 2.66 bits per heavy atom. The molecule has 0 bridgehead atoms. The lowest BCUT2D eigenvalue weighted by molar-refractivity contribution is -0.288. The van der Waals surface area contributed by atoms with Crippen LogP contribution in [-0.2, 0) is 23.3 Å². The zero-order valence-electron chi connectivity index (χ0n) is 17.8. The Morgan fingerprint density at radius 1 is 1.17 bits per heavy atom. The highest BCUT2D eigenvalue weighted by molar-refractivity contribution is 5.30. The van der Waals surface area contributed by atoms with Gasteiger partial charge < -0.3 is 9.64 Å². The van der Waals surface area contributed by atoms with Crippen LogP contribution in [0.1, 0.15) is 43.5 Å². The van der Waals surface area contributed by atoms with Crippen LogP contribution >= 0.6 is 0 Å². The molecule has 1 atom stereocenters. The molecule has 1 aromatic heterocycles. The first-order valence-corrected chi connectivity index (χ1v) is 11.1. The maximum absolute atomic E-state index is 6.62. The summed E-state index contributed by atoms with van der Waals surface area (Å²) in [6.45, 7) is 7.35. The van der Waals surface area contributed by atoms with Gasteiger partial charge in [0.1, 0.15) is 0 Å². The van der Waals surface area contributed by atoms with Gasteiger partial charge in [0.05, 0.1) is 12.3 Å². The molecular formula is C24H33ClN3O+. The third kappa shape index (κ3) is 4.51. The minimum Gasteiger partial charge on any atom is -0.352 e. The van der Waals surface area contributed by atoms with Gasteiger partial charge in [-0.15, -0.1) is 0 Å². The molecule has 2 saturated heterocycles. The molecular weight excluding hydrogens is 382 g/mol. The second-order valence-corrected chi connectivity index (χ2v) is 9.74. The van der Waals surface area contributed by atoms with E-state index in [1.54, 1.807) is 0 Å². The van der Waals surface area contributed by atoms with E-state index in [0.717, 1.165) is 49.5 Å². The number of ether oxygens (including phenoxy) is 1. The van der Waals surface area contributed by atoms with Crippen molar-refractivity contribution in [2.24, 2.45) is 5.92 Å². The van der Waals surface area contributed by atoms with E-state index in [-0.39, 0.29) is 5.54 Å². The summed E-state index contributed by atoms with van der Waals surface area (Å²) < 4.78 is 6.62. The minimum absolute atomic E-state index is 0.0607. The molecule has 156 valence electrons. The number of hydrogen-bond acceptors (Lipinski definition) is 4. The quantitative estimate of drug-likeness (QED) is 0.813. The van der Waals surface area contributed by atoms with Gasteiger partial charge in [0.2, 0.25) is 5.02 Å². The fraction of sp³-hybridized carbons (Fsp3) is 0.542. The lowest BCUT2D eigenvalue weighted by Crippen LogP contribution is -2.54. The number of rotatable bonds is 5. The number of halogens is 1. The first kappa shape index (κ1) is 20.8. The third-order valence-corrected chi connectivity index (χ3v) is 6.56. The Kier molecular flexibility index (Phi) is 5.99. The van der Waals surface area contributed by atoms with Crippen LogP contribution in [0.3, 0.4) is 0 Å². The average Bonchev–Trinajstić information content (AvgIpc) is 3.04. The van der Waals surface area contributed by atoms with Crippen LogP contribution in [0, 0.1) is 17.5 Å². The van der Waals surface area contributed by atoms with Crippen LogP contribution in [0.2, 0.25) is 5.02 Å². The van der Waals surface area contributed by atoms with Gasteiger partial charge >= 0.3 is 0 Å². The van der Waals surface area contributed by atoms with Gasteiger partial charge in [0.15, 0.2) is 17.3 Å². The third-order valence-electron chi connectivity index (χ3n) is 6.30. The number of nitrogens with zero attached hydrogens (tertiary/aromatic N) is 2. The van der Waals surface area contributed by atoms with Gasteiger partial charge in [-0.25, -0.2) is 0 Å². The van der Waals surface area contributed by atoms with E-state index in [4.69, 9.17) is 21.3 Å². The van der Waals surface area contributed by atoms with Crippen LogP contribution in [0.5, 0.6) is 0 Å². The van der Waals surface area contributed by atoms with E-state index in [9.17, 15) is 0 Å². The highest BCUT2D eigenvalue weighted by Crippen LogP contribution is 2.43. The lowest BCUT2D eigenvalue weighted by Gasteiger charge is -2.42. The van der Waals surface area contributed by atoms with E-state index in [1.165, 1.54) is 11.1 Å². The molecule has 0 spiro atoms. The second-order valence-electron chi connectivity index (χ2n) is 9.27. The number of benzene rings is 1. The van der Waals surface area contributed by atoms with Crippen molar-refractivity contribution in [2.75, 3.05) is 26.7 Å². The Bertz CT molecular complexity index is 848. The molecule has 0 amide bonds. The first-order valence-electron chi connectivity index (χ1n) is 10.7. The number of aromatic nitrogens is 1. The summed E-state index contributed by atoms with van der Waals surface area (Å²) in [5.74, 6) is 0.421. The van der Waals surface area contributed by atoms with Gasteiger partial charge in [-0.05, 0) is 76.9 Å². The van der Waals surface area contributed by atoms with Crippen molar-refractivity contribution in [2.45, 2.75) is 50.8 Å². The van der Waals surface area contributed by atoms with Crippen LogP contribution in [0.15, 0.2) is 42.6 Å². The highest BCUT2D eigenvalue weighted by Gasteiger charge is 2.52. The molecule has 2 aliphatic heterocycles. The van der Waals surface area contributed by atoms with Gasteiger partial charge in [0, 0.05) is 29.8 Å². The summed E-state index contributed by atoms with van der Waals surface area (Å²) in [6, 6.07) is 12.5. The zero-order valence-corrected chi connectivity index (χ0v) is 18.6. The molecule has 4 rings (SSSR count). The van der Waals surface area contributed by atoms with E-state index in [2.05, 4.69) is 49.3 Å². The fourth-order valence-electron chi connectivity index (χ4n) is 4.78. The zero-order chi connectivity index (χ0) is 20.5. The number of piperidine rings is 1. The first-order chi connectivity index (χ1) is 13.9. The van der Waals surface area contributed by atoms with Crippen molar-refractivity contribution in [3.05, 3.63) is 64.4 Å². The molecule has 29 heavy (non-hydrogen) atoms. The lowest BCUT2D eigenvalue weighted by atomic mass is 9.81. The van der Waals surface area contributed by atoms with Crippen LogP contribution in [-0.4, -0.2) is 42.2 Å². The van der Waals surface area contributed by atoms with E-state index in [1.807, 2.05) is 24.4 Å². The molecule has 2 aliphatic rings. The predicted octanol–water partition coefficient (Wildman–Crippen LogP) is 3.46. The van der Waals surface area contributed by atoms with Crippen molar-refractivity contribution in [3.63, 3.8) is 0 Å². The Morgan fingerprint density at radius 2 is 1.97 bits per heavy atom. The van der Waals surface area contributed by atoms with E-state index in [0.29, 0.717) is 12.5 Å². The summed E-state index contributed by atoms with van der Waals surface area (Å²) in [7, 11) is 2.20. The molecule has 1 aromatic carbocycles. The van der Waals surface area contributed by atoms with E-state index < -0.39 is 5.72 Å². The van der Waals surface area contributed by atoms with Crippen molar-refractivity contribution >= 4 is 0 Å². The summed E-state index contributed by atoms with van der Waals surface area (Å²) in [6.07, 6.45) is 6.04. The fourth-order valence-corrected chi connectivity index (χ4v) is 5.01. The molecule has 0 aliphatic carbocycles. The molecule has 1 unspecified atom stereocenters. The SMILES string of the molecule is CN1CCC(C2(c3ncccc3CCc3cccc([ClH+])c3)NC(C)(C)CO2)CC1. The molecule has 4 nitrogen and oxygen atoms in total. The molecule has 3 heterocycles. The normalized spacial score (nSPS) is 25.4. The largest absolute Gasteiger partial charge is 0.352 e. The Hall–Kier alpha value is -1.46. The number of aryl methyl sites for hydroxylation is 2. The average molecular weight is 415 g/mol.